The van der Waals surface area contributed by atoms with Crippen molar-refractivity contribution in [3.63, 3.8) is 0 Å². The summed E-state index contributed by atoms with van der Waals surface area (Å²) in [5, 5.41) is 0.380. The van der Waals surface area contributed by atoms with Crippen LogP contribution in [-0.4, -0.2) is 55.8 Å². The molecule has 0 radical (unpaired) electrons. The standard InChI is InChI=1S/C15H22ClN3O3S/c1-11(12(2)17)15(20)18-6-8-19(9-7-18)23(21,22)14-5-3-4-13(16)10-14/h3-5,10-12H,6-9,17H2,1-2H3. The predicted molar refractivity (Wildman–Crippen MR) is 89.6 cm³/mol. The minimum absolute atomic E-state index is 0.0280. The monoisotopic (exact) mass is 359 g/mol. The lowest BCUT2D eigenvalue weighted by atomic mass is 10.0. The molecule has 2 atom stereocenters. The van der Waals surface area contributed by atoms with E-state index in [2.05, 4.69) is 0 Å². The Bertz CT molecular complexity index is 670. The number of rotatable bonds is 4. The predicted octanol–water partition coefficient (Wildman–Crippen LogP) is 1.16. The van der Waals surface area contributed by atoms with Crippen LogP contribution >= 0.6 is 11.6 Å². The van der Waals surface area contributed by atoms with Crippen molar-refractivity contribution in [3.8, 4) is 0 Å². The average Bonchev–Trinajstić information content (AvgIpc) is 2.53. The molecule has 0 spiro atoms. The molecule has 1 amide bonds. The molecule has 1 heterocycles. The van der Waals surface area contributed by atoms with Crippen LogP contribution in [0.25, 0.3) is 0 Å². The Hall–Kier alpha value is -1.15. The molecule has 8 heteroatoms. The van der Waals surface area contributed by atoms with Gasteiger partial charge in [0.2, 0.25) is 15.9 Å². The van der Waals surface area contributed by atoms with Crippen molar-refractivity contribution in [2.75, 3.05) is 26.2 Å². The van der Waals surface area contributed by atoms with Crippen LogP contribution < -0.4 is 5.73 Å². The van der Waals surface area contributed by atoms with E-state index in [4.69, 9.17) is 17.3 Å². The Balaban J connectivity index is 2.05. The first-order valence-corrected chi connectivity index (χ1v) is 9.35. The highest BCUT2D eigenvalue weighted by molar-refractivity contribution is 7.89. The lowest BCUT2D eigenvalue weighted by Gasteiger charge is -2.35. The minimum Gasteiger partial charge on any atom is -0.340 e. The van der Waals surface area contributed by atoms with Crippen LogP contribution in [0.1, 0.15) is 13.8 Å². The van der Waals surface area contributed by atoms with E-state index in [0.717, 1.165) is 0 Å². The number of halogens is 1. The quantitative estimate of drug-likeness (QED) is 0.874. The van der Waals surface area contributed by atoms with Crippen LogP contribution in [0.5, 0.6) is 0 Å². The average molecular weight is 360 g/mol. The van der Waals surface area contributed by atoms with Crippen LogP contribution in [0.2, 0.25) is 5.02 Å². The fraction of sp³-hybridized carbons (Fsp3) is 0.533. The second kappa shape index (κ2) is 7.17. The summed E-state index contributed by atoms with van der Waals surface area (Å²) in [6.07, 6.45) is 0. The van der Waals surface area contributed by atoms with E-state index in [0.29, 0.717) is 18.1 Å². The number of nitrogens with two attached hydrogens (primary N) is 1. The number of nitrogens with zero attached hydrogens (tertiary/aromatic N) is 2. The van der Waals surface area contributed by atoms with Gasteiger partial charge in [-0.15, -0.1) is 0 Å². The number of sulfonamides is 1. The molecule has 2 unspecified atom stereocenters. The van der Waals surface area contributed by atoms with Gasteiger partial charge in [0.15, 0.2) is 0 Å². The molecular weight excluding hydrogens is 338 g/mol. The maximum Gasteiger partial charge on any atom is 0.243 e. The third-order valence-electron chi connectivity index (χ3n) is 4.16. The van der Waals surface area contributed by atoms with Crippen LogP contribution in [0.3, 0.4) is 0 Å². The molecule has 0 saturated carbocycles. The Morgan fingerprint density at radius 1 is 1.22 bits per heavy atom. The maximum absolute atomic E-state index is 12.6. The fourth-order valence-electron chi connectivity index (χ4n) is 2.44. The van der Waals surface area contributed by atoms with E-state index in [1.807, 2.05) is 0 Å². The summed E-state index contributed by atoms with van der Waals surface area (Å²) in [6, 6.07) is 5.98. The molecule has 1 aromatic carbocycles. The normalized spacial score (nSPS) is 19.4. The minimum atomic E-state index is -3.58. The van der Waals surface area contributed by atoms with Crippen LogP contribution in [-0.2, 0) is 14.8 Å². The lowest BCUT2D eigenvalue weighted by Crippen LogP contribution is -2.53. The van der Waals surface area contributed by atoms with Gasteiger partial charge in [-0.05, 0) is 25.1 Å². The molecule has 6 nitrogen and oxygen atoms in total. The SMILES string of the molecule is CC(N)C(C)C(=O)N1CCN(S(=O)(=O)c2cccc(Cl)c2)CC1. The molecule has 0 aliphatic carbocycles. The van der Waals surface area contributed by atoms with Crippen LogP contribution in [0, 0.1) is 5.92 Å². The first-order chi connectivity index (χ1) is 10.7. The first-order valence-electron chi connectivity index (χ1n) is 7.53. The molecule has 128 valence electrons. The number of amides is 1. The summed E-state index contributed by atoms with van der Waals surface area (Å²) in [5.41, 5.74) is 5.76. The molecule has 1 aliphatic heterocycles. The van der Waals surface area contributed by atoms with E-state index in [-0.39, 0.29) is 35.9 Å². The second-order valence-corrected chi connectivity index (χ2v) is 8.21. The Morgan fingerprint density at radius 2 is 1.83 bits per heavy atom. The largest absolute Gasteiger partial charge is 0.340 e. The van der Waals surface area contributed by atoms with Gasteiger partial charge in [-0.2, -0.15) is 4.31 Å². The summed E-state index contributed by atoms with van der Waals surface area (Å²) in [5.74, 6) is -0.300. The summed E-state index contributed by atoms with van der Waals surface area (Å²) in [7, 11) is -3.58. The van der Waals surface area contributed by atoms with Gasteiger partial charge < -0.3 is 10.6 Å². The fourth-order valence-corrected chi connectivity index (χ4v) is 4.16. The summed E-state index contributed by atoms with van der Waals surface area (Å²) in [4.78, 5) is 14.1. The van der Waals surface area contributed by atoms with E-state index in [9.17, 15) is 13.2 Å². The van der Waals surface area contributed by atoms with Gasteiger partial charge in [-0.25, -0.2) is 8.42 Å². The third-order valence-corrected chi connectivity index (χ3v) is 6.29. The molecule has 2 rings (SSSR count). The van der Waals surface area contributed by atoms with Crippen molar-refractivity contribution in [3.05, 3.63) is 29.3 Å². The van der Waals surface area contributed by atoms with E-state index in [1.165, 1.54) is 16.4 Å². The molecule has 2 N–H and O–H groups in total. The number of benzene rings is 1. The Morgan fingerprint density at radius 3 is 2.35 bits per heavy atom. The molecule has 0 bridgehead atoms. The summed E-state index contributed by atoms with van der Waals surface area (Å²) < 4.78 is 26.6. The molecule has 1 aliphatic rings. The summed E-state index contributed by atoms with van der Waals surface area (Å²) >= 11 is 5.87. The van der Waals surface area contributed by atoms with Crippen molar-refractivity contribution >= 4 is 27.5 Å². The van der Waals surface area contributed by atoms with Crippen LogP contribution in [0.15, 0.2) is 29.2 Å². The second-order valence-electron chi connectivity index (χ2n) is 5.83. The molecule has 1 aromatic rings. The molecule has 1 fully saturated rings. The topological polar surface area (TPSA) is 83.7 Å². The highest BCUT2D eigenvalue weighted by Gasteiger charge is 2.32. The number of carbonyl (C=O) groups is 1. The van der Waals surface area contributed by atoms with Crippen molar-refractivity contribution in [2.45, 2.75) is 24.8 Å². The third kappa shape index (κ3) is 4.03. The summed E-state index contributed by atoms with van der Waals surface area (Å²) in [6.45, 7) is 4.87. The van der Waals surface area contributed by atoms with Gasteiger partial charge in [-0.3, -0.25) is 4.79 Å². The lowest BCUT2D eigenvalue weighted by molar-refractivity contribution is -0.136. The number of hydrogen-bond acceptors (Lipinski definition) is 4. The highest BCUT2D eigenvalue weighted by atomic mass is 35.5. The zero-order valence-corrected chi connectivity index (χ0v) is 14.8. The molecular formula is C15H22ClN3O3S. The first kappa shape index (κ1) is 18.2. The van der Waals surface area contributed by atoms with E-state index in [1.54, 1.807) is 30.9 Å². The van der Waals surface area contributed by atoms with Crippen molar-refractivity contribution in [1.29, 1.82) is 0 Å². The van der Waals surface area contributed by atoms with Crippen LogP contribution in [0.4, 0.5) is 0 Å². The smallest absolute Gasteiger partial charge is 0.243 e. The zero-order valence-electron chi connectivity index (χ0n) is 13.3. The zero-order chi connectivity index (χ0) is 17.2. The van der Waals surface area contributed by atoms with Gasteiger partial charge in [0.25, 0.3) is 0 Å². The van der Waals surface area contributed by atoms with Gasteiger partial charge in [0.05, 0.1) is 10.8 Å². The van der Waals surface area contributed by atoms with Crippen molar-refractivity contribution < 1.29 is 13.2 Å². The van der Waals surface area contributed by atoms with Gasteiger partial charge in [-0.1, -0.05) is 24.6 Å². The maximum atomic E-state index is 12.6. The van der Waals surface area contributed by atoms with Crippen molar-refractivity contribution in [1.82, 2.24) is 9.21 Å². The van der Waals surface area contributed by atoms with Gasteiger partial charge >= 0.3 is 0 Å². The number of hydrogen-bond donors (Lipinski definition) is 1. The Kier molecular flexibility index (Phi) is 5.67. The molecule has 0 aromatic heterocycles. The highest BCUT2D eigenvalue weighted by Crippen LogP contribution is 2.21. The van der Waals surface area contributed by atoms with Gasteiger partial charge in [0, 0.05) is 37.2 Å². The molecule has 23 heavy (non-hydrogen) atoms. The number of carbonyl (C=O) groups excluding carboxylic acids is 1. The van der Waals surface area contributed by atoms with E-state index < -0.39 is 10.0 Å². The van der Waals surface area contributed by atoms with Crippen molar-refractivity contribution in [2.24, 2.45) is 11.7 Å². The molecule has 1 saturated heterocycles. The van der Waals surface area contributed by atoms with Gasteiger partial charge in [0.1, 0.15) is 0 Å². The Labute approximate surface area is 142 Å². The van der Waals surface area contributed by atoms with E-state index >= 15 is 0 Å². The number of piperazine rings is 1.